The second-order valence-corrected chi connectivity index (χ2v) is 6.00. The summed E-state index contributed by atoms with van der Waals surface area (Å²) in [5.74, 6) is 0.993. The van der Waals surface area contributed by atoms with Gasteiger partial charge in [-0.25, -0.2) is 4.98 Å². The van der Waals surface area contributed by atoms with E-state index in [9.17, 15) is 0 Å². The van der Waals surface area contributed by atoms with E-state index in [2.05, 4.69) is 36.3 Å². The zero-order chi connectivity index (χ0) is 13.0. The van der Waals surface area contributed by atoms with E-state index < -0.39 is 0 Å². The third kappa shape index (κ3) is 3.45. The molecule has 1 aliphatic carbocycles. The van der Waals surface area contributed by atoms with Crippen LogP contribution in [0.5, 0.6) is 0 Å². The summed E-state index contributed by atoms with van der Waals surface area (Å²) in [5.41, 5.74) is 2.89. The summed E-state index contributed by atoms with van der Waals surface area (Å²) in [6.07, 6.45) is 5.45. The van der Waals surface area contributed by atoms with E-state index in [1.165, 1.54) is 24.1 Å². The van der Waals surface area contributed by atoms with E-state index in [1.54, 1.807) is 0 Å². The van der Waals surface area contributed by atoms with E-state index in [0.717, 1.165) is 31.6 Å². The highest BCUT2D eigenvalue weighted by atomic mass is 16.2. The highest BCUT2D eigenvalue weighted by Crippen LogP contribution is 2.24. The lowest BCUT2D eigenvalue weighted by atomic mass is 9.88. The van der Waals surface area contributed by atoms with Crippen molar-refractivity contribution >= 4 is 5.82 Å². The number of nitrogens with one attached hydrogen (secondary N) is 1. The first kappa shape index (κ1) is 13.3. The van der Waals surface area contributed by atoms with Crippen LogP contribution in [0.4, 0.5) is 5.82 Å². The average molecular weight is 248 g/mol. The van der Waals surface area contributed by atoms with Gasteiger partial charge in [-0.3, -0.25) is 0 Å². The van der Waals surface area contributed by atoms with E-state index in [0.29, 0.717) is 0 Å². The second-order valence-electron chi connectivity index (χ2n) is 6.00. The standard InChI is InChI=1S/C15H24N2O/c1-15(2,9-4-10-18)11-16-14-8-7-12-5-3-6-13(12)17-14/h7-8,18H,3-6,9-11H2,1-2H3,(H,16,17). The Balaban J connectivity index is 1.90. The summed E-state index contributed by atoms with van der Waals surface area (Å²) >= 11 is 0. The van der Waals surface area contributed by atoms with Gasteiger partial charge in [-0.15, -0.1) is 0 Å². The molecule has 3 heteroatoms. The maximum atomic E-state index is 8.89. The molecule has 0 amide bonds. The molecule has 0 atom stereocenters. The van der Waals surface area contributed by atoms with Gasteiger partial charge in [0.05, 0.1) is 0 Å². The van der Waals surface area contributed by atoms with Gasteiger partial charge in [0.1, 0.15) is 5.82 Å². The van der Waals surface area contributed by atoms with Gasteiger partial charge in [-0.1, -0.05) is 19.9 Å². The Labute approximate surface area is 110 Å². The Morgan fingerprint density at radius 2 is 2.17 bits per heavy atom. The number of fused-ring (bicyclic) bond motifs is 1. The molecule has 18 heavy (non-hydrogen) atoms. The molecule has 0 fully saturated rings. The summed E-state index contributed by atoms with van der Waals surface area (Å²) < 4.78 is 0. The van der Waals surface area contributed by atoms with Crippen LogP contribution in [0.25, 0.3) is 0 Å². The number of hydrogen-bond donors (Lipinski definition) is 2. The maximum absolute atomic E-state index is 8.89. The smallest absolute Gasteiger partial charge is 0.126 e. The van der Waals surface area contributed by atoms with Crippen LogP contribution in [-0.2, 0) is 12.8 Å². The molecule has 0 bridgehead atoms. The van der Waals surface area contributed by atoms with Crippen LogP contribution in [0.2, 0.25) is 0 Å². The molecule has 0 spiro atoms. The Morgan fingerprint density at radius 1 is 1.33 bits per heavy atom. The molecule has 0 radical (unpaired) electrons. The number of hydrogen-bond acceptors (Lipinski definition) is 3. The Kier molecular flexibility index (Phi) is 4.23. The van der Waals surface area contributed by atoms with Crippen LogP contribution < -0.4 is 5.32 Å². The minimum absolute atomic E-state index is 0.198. The van der Waals surface area contributed by atoms with Gasteiger partial charge in [-0.05, 0) is 49.1 Å². The summed E-state index contributed by atoms with van der Waals surface area (Å²) in [6, 6.07) is 4.30. The second kappa shape index (κ2) is 5.70. The largest absolute Gasteiger partial charge is 0.396 e. The molecule has 0 aliphatic heterocycles. The van der Waals surface area contributed by atoms with Gasteiger partial charge in [0.2, 0.25) is 0 Å². The predicted molar refractivity (Wildman–Crippen MR) is 74.9 cm³/mol. The van der Waals surface area contributed by atoms with Crippen LogP contribution in [-0.4, -0.2) is 23.2 Å². The summed E-state index contributed by atoms with van der Waals surface area (Å²) in [4.78, 5) is 4.68. The normalized spacial score (nSPS) is 14.6. The van der Waals surface area contributed by atoms with Gasteiger partial charge in [0.15, 0.2) is 0 Å². The third-order valence-corrected chi connectivity index (χ3v) is 3.69. The molecule has 0 aromatic carbocycles. The van der Waals surface area contributed by atoms with Crippen LogP contribution >= 0.6 is 0 Å². The van der Waals surface area contributed by atoms with Crippen LogP contribution in [0.15, 0.2) is 12.1 Å². The molecule has 0 unspecified atom stereocenters. The Hall–Kier alpha value is -1.09. The lowest BCUT2D eigenvalue weighted by molar-refractivity contribution is 0.248. The first-order chi connectivity index (χ1) is 8.61. The van der Waals surface area contributed by atoms with Gasteiger partial charge in [-0.2, -0.15) is 0 Å². The maximum Gasteiger partial charge on any atom is 0.126 e. The van der Waals surface area contributed by atoms with Crippen LogP contribution in [0, 0.1) is 5.41 Å². The number of pyridine rings is 1. The fraction of sp³-hybridized carbons (Fsp3) is 0.667. The fourth-order valence-corrected chi connectivity index (χ4v) is 2.49. The first-order valence-corrected chi connectivity index (χ1v) is 6.94. The monoisotopic (exact) mass is 248 g/mol. The number of nitrogens with zero attached hydrogens (tertiary/aromatic N) is 1. The number of anilines is 1. The number of aromatic nitrogens is 1. The first-order valence-electron chi connectivity index (χ1n) is 6.94. The quantitative estimate of drug-likeness (QED) is 0.813. The van der Waals surface area contributed by atoms with Crippen LogP contribution in [0.1, 0.15) is 44.4 Å². The van der Waals surface area contributed by atoms with Crippen molar-refractivity contribution in [3.8, 4) is 0 Å². The summed E-state index contributed by atoms with van der Waals surface area (Å²) in [6.45, 7) is 5.63. The molecule has 1 aliphatic rings. The number of aliphatic hydroxyl groups excluding tert-OH is 1. The van der Waals surface area contributed by atoms with Crippen molar-refractivity contribution < 1.29 is 5.11 Å². The lowest BCUT2D eigenvalue weighted by Crippen LogP contribution is -2.23. The zero-order valence-corrected chi connectivity index (χ0v) is 11.5. The van der Waals surface area contributed by atoms with Crippen molar-refractivity contribution in [3.63, 3.8) is 0 Å². The Bertz CT molecular complexity index is 401. The lowest BCUT2D eigenvalue weighted by Gasteiger charge is -2.25. The number of rotatable bonds is 6. The molecule has 1 aromatic rings. The molecular formula is C15H24N2O. The average Bonchev–Trinajstić information content (AvgIpc) is 2.81. The molecule has 0 saturated carbocycles. The highest BCUT2D eigenvalue weighted by molar-refractivity contribution is 5.40. The van der Waals surface area contributed by atoms with Crippen molar-refractivity contribution in [2.45, 2.75) is 46.0 Å². The molecule has 0 saturated heterocycles. The van der Waals surface area contributed by atoms with Crippen molar-refractivity contribution in [3.05, 3.63) is 23.4 Å². The molecular weight excluding hydrogens is 224 g/mol. The molecule has 3 nitrogen and oxygen atoms in total. The number of aryl methyl sites for hydroxylation is 2. The van der Waals surface area contributed by atoms with Gasteiger partial charge in [0, 0.05) is 18.8 Å². The molecule has 100 valence electrons. The van der Waals surface area contributed by atoms with Crippen LogP contribution in [0.3, 0.4) is 0 Å². The minimum Gasteiger partial charge on any atom is -0.396 e. The van der Waals surface area contributed by atoms with E-state index in [-0.39, 0.29) is 12.0 Å². The van der Waals surface area contributed by atoms with Crippen molar-refractivity contribution in [1.29, 1.82) is 0 Å². The van der Waals surface area contributed by atoms with Crippen molar-refractivity contribution in [2.24, 2.45) is 5.41 Å². The van der Waals surface area contributed by atoms with E-state index in [1.807, 2.05) is 0 Å². The minimum atomic E-state index is 0.198. The zero-order valence-electron chi connectivity index (χ0n) is 11.5. The molecule has 1 aromatic heterocycles. The Morgan fingerprint density at radius 3 is 2.94 bits per heavy atom. The SMILES string of the molecule is CC(C)(CCCO)CNc1ccc2c(n1)CCC2. The third-order valence-electron chi connectivity index (χ3n) is 3.69. The van der Waals surface area contributed by atoms with Crippen molar-refractivity contribution in [1.82, 2.24) is 4.98 Å². The highest BCUT2D eigenvalue weighted by Gasteiger charge is 2.18. The van der Waals surface area contributed by atoms with Gasteiger partial charge >= 0.3 is 0 Å². The molecule has 2 N–H and O–H groups in total. The summed E-state index contributed by atoms with van der Waals surface area (Å²) in [5, 5.41) is 12.3. The molecule has 1 heterocycles. The van der Waals surface area contributed by atoms with Crippen molar-refractivity contribution in [2.75, 3.05) is 18.5 Å². The topological polar surface area (TPSA) is 45.1 Å². The predicted octanol–water partition coefficient (Wildman–Crippen LogP) is 2.78. The summed E-state index contributed by atoms with van der Waals surface area (Å²) in [7, 11) is 0. The van der Waals surface area contributed by atoms with Gasteiger partial charge in [0.25, 0.3) is 0 Å². The van der Waals surface area contributed by atoms with E-state index >= 15 is 0 Å². The molecule has 2 rings (SSSR count). The fourth-order valence-electron chi connectivity index (χ4n) is 2.49. The van der Waals surface area contributed by atoms with Gasteiger partial charge < -0.3 is 10.4 Å². The van der Waals surface area contributed by atoms with E-state index in [4.69, 9.17) is 5.11 Å². The number of aliphatic hydroxyl groups is 1.